The Hall–Kier alpha value is -0.580. The molecule has 5 heteroatoms. The average Bonchev–Trinajstić information content (AvgIpc) is 2.03. The first kappa shape index (κ1) is 10.5. The molecule has 1 aromatic rings. The molecule has 0 spiro atoms. The third-order valence-corrected chi connectivity index (χ3v) is 2.60. The minimum atomic E-state index is -1.10. The third-order valence-electron chi connectivity index (χ3n) is 1.58. The van der Waals surface area contributed by atoms with Crippen LogP contribution in [0.2, 0.25) is 5.02 Å². The number of halogens is 2. The summed E-state index contributed by atoms with van der Waals surface area (Å²) in [5, 5.41) is 9.03. The van der Waals surface area contributed by atoms with Crippen LogP contribution in [0.3, 0.4) is 0 Å². The van der Waals surface area contributed by atoms with Gasteiger partial charge in [0.05, 0.1) is 0 Å². The van der Waals surface area contributed by atoms with Gasteiger partial charge in [-0.25, -0.2) is 0 Å². The number of carboxylic acid groups (broad SMARTS) is 1. The van der Waals surface area contributed by atoms with E-state index in [1.807, 2.05) is 0 Å². The second-order valence-corrected chi connectivity index (χ2v) is 3.71. The van der Waals surface area contributed by atoms with Crippen molar-refractivity contribution >= 4 is 33.5 Å². The van der Waals surface area contributed by atoms with Crippen LogP contribution in [0.15, 0.2) is 22.7 Å². The van der Waals surface area contributed by atoms with Gasteiger partial charge in [0.25, 0.3) is 0 Å². The maximum absolute atomic E-state index is 10.6. The van der Waals surface area contributed by atoms with Gasteiger partial charge in [-0.05, 0) is 12.1 Å². The first-order valence-corrected chi connectivity index (χ1v) is 4.63. The number of rotatable bonds is 2. The molecule has 0 saturated carbocycles. The molecule has 0 aliphatic carbocycles. The molecule has 1 unspecified atom stereocenters. The predicted molar refractivity (Wildman–Crippen MR) is 53.7 cm³/mol. The molecular weight excluding hydrogens is 257 g/mol. The molecule has 1 rings (SSSR count). The zero-order valence-electron chi connectivity index (χ0n) is 6.50. The van der Waals surface area contributed by atoms with E-state index in [-0.39, 0.29) is 0 Å². The summed E-state index contributed by atoms with van der Waals surface area (Å²) < 4.78 is 0.606. The van der Waals surface area contributed by atoms with E-state index in [0.717, 1.165) is 0 Å². The Morgan fingerprint density at radius 3 is 2.69 bits per heavy atom. The standard InChI is InChI=1S/C8H7BrClNO2/c9-4-2-1-3-5(10)6(4)7(11)8(12)13/h1-3,7H,11H2,(H,12,13). The van der Waals surface area contributed by atoms with Gasteiger partial charge < -0.3 is 10.8 Å². The Bertz CT molecular complexity index is 323. The molecule has 0 aliphatic heterocycles. The lowest BCUT2D eigenvalue weighted by atomic mass is 10.1. The van der Waals surface area contributed by atoms with Crippen molar-refractivity contribution in [2.75, 3.05) is 0 Å². The molecular formula is C8H7BrClNO2. The average molecular weight is 265 g/mol. The van der Waals surface area contributed by atoms with E-state index in [1.165, 1.54) is 0 Å². The quantitative estimate of drug-likeness (QED) is 0.860. The molecule has 0 bridgehead atoms. The number of hydrogen-bond donors (Lipinski definition) is 2. The molecule has 0 aliphatic rings. The molecule has 0 aromatic heterocycles. The number of carbonyl (C=O) groups is 1. The molecule has 0 fully saturated rings. The third kappa shape index (κ3) is 2.21. The SMILES string of the molecule is NC(C(=O)O)c1c(Cl)cccc1Br. The van der Waals surface area contributed by atoms with Crippen LogP contribution < -0.4 is 5.73 Å². The summed E-state index contributed by atoms with van der Waals surface area (Å²) in [6, 6.07) is 3.92. The Labute approximate surface area is 88.6 Å². The number of carboxylic acids is 1. The summed E-state index contributed by atoms with van der Waals surface area (Å²) >= 11 is 8.98. The molecule has 0 heterocycles. The minimum Gasteiger partial charge on any atom is -0.480 e. The van der Waals surface area contributed by atoms with Gasteiger partial charge in [0, 0.05) is 15.1 Å². The zero-order valence-corrected chi connectivity index (χ0v) is 8.84. The normalized spacial score (nSPS) is 12.5. The van der Waals surface area contributed by atoms with Crippen molar-refractivity contribution in [2.24, 2.45) is 5.73 Å². The van der Waals surface area contributed by atoms with Crippen LogP contribution in [-0.2, 0) is 4.79 Å². The molecule has 1 atom stereocenters. The van der Waals surface area contributed by atoms with Crippen LogP contribution in [0.4, 0.5) is 0 Å². The second kappa shape index (κ2) is 4.09. The van der Waals surface area contributed by atoms with Gasteiger partial charge in [0.2, 0.25) is 0 Å². The summed E-state index contributed by atoms with van der Waals surface area (Å²) in [6.07, 6.45) is 0. The Kier molecular flexibility index (Phi) is 3.30. The first-order valence-electron chi connectivity index (χ1n) is 3.46. The van der Waals surface area contributed by atoms with E-state index < -0.39 is 12.0 Å². The van der Waals surface area contributed by atoms with E-state index in [9.17, 15) is 4.79 Å². The van der Waals surface area contributed by atoms with Crippen LogP contribution in [-0.4, -0.2) is 11.1 Å². The van der Waals surface area contributed by atoms with Crippen LogP contribution in [0.1, 0.15) is 11.6 Å². The minimum absolute atomic E-state index is 0.351. The van der Waals surface area contributed by atoms with Crippen LogP contribution in [0.25, 0.3) is 0 Å². The topological polar surface area (TPSA) is 63.3 Å². The summed E-state index contributed by atoms with van der Waals surface area (Å²) in [5.41, 5.74) is 5.83. The van der Waals surface area contributed by atoms with Crippen molar-refractivity contribution in [1.82, 2.24) is 0 Å². The van der Waals surface area contributed by atoms with Crippen LogP contribution >= 0.6 is 27.5 Å². The molecule has 3 nitrogen and oxygen atoms in total. The summed E-state index contributed by atoms with van der Waals surface area (Å²) in [5.74, 6) is -1.10. The predicted octanol–water partition coefficient (Wildman–Crippen LogP) is 2.19. The first-order chi connectivity index (χ1) is 6.04. The molecule has 70 valence electrons. The van der Waals surface area contributed by atoms with Crippen molar-refractivity contribution in [3.63, 3.8) is 0 Å². The monoisotopic (exact) mass is 263 g/mol. The zero-order chi connectivity index (χ0) is 10.0. The molecule has 0 amide bonds. The maximum Gasteiger partial charge on any atom is 0.325 e. The fraction of sp³-hybridized carbons (Fsp3) is 0.125. The van der Waals surface area contributed by atoms with Gasteiger partial charge in [-0.3, -0.25) is 4.79 Å². The van der Waals surface area contributed by atoms with E-state index in [2.05, 4.69) is 15.9 Å². The second-order valence-electron chi connectivity index (χ2n) is 2.45. The van der Waals surface area contributed by atoms with Gasteiger partial charge in [-0.15, -0.1) is 0 Å². The van der Waals surface area contributed by atoms with E-state index in [0.29, 0.717) is 15.1 Å². The number of hydrogen-bond acceptors (Lipinski definition) is 2. The van der Waals surface area contributed by atoms with Gasteiger partial charge in [-0.2, -0.15) is 0 Å². The maximum atomic E-state index is 10.6. The fourth-order valence-electron chi connectivity index (χ4n) is 0.931. The Morgan fingerprint density at radius 1 is 1.62 bits per heavy atom. The smallest absolute Gasteiger partial charge is 0.325 e. The highest BCUT2D eigenvalue weighted by molar-refractivity contribution is 9.10. The molecule has 3 N–H and O–H groups in total. The molecule has 0 radical (unpaired) electrons. The van der Waals surface area contributed by atoms with Gasteiger partial charge in [0.15, 0.2) is 0 Å². The number of nitrogens with two attached hydrogens (primary N) is 1. The van der Waals surface area contributed by atoms with Crippen molar-refractivity contribution in [3.05, 3.63) is 33.3 Å². The Balaban J connectivity index is 3.20. The van der Waals surface area contributed by atoms with Crippen molar-refractivity contribution < 1.29 is 9.90 Å². The molecule has 13 heavy (non-hydrogen) atoms. The van der Waals surface area contributed by atoms with Gasteiger partial charge >= 0.3 is 5.97 Å². The lowest BCUT2D eigenvalue weighted by Crippen LogP contribution is -2.21. The highest BCUT2D eigenvalue weighted by Gasteiger charge is 2.19. The fourth-order valence-corrected chi connectivity index (χ4v) is 1.95. The van der Waals surface area contributed by atoms with Crippen LogP contribution in [0.5, 0.6) is 0 Å². The largest absolute Gasteiger partial charge is 0.480 e. The van der Waals surface area contributed by atoms with Gasteiger partial charge in [0.1, 0.15) is 6.04 Å². The molecule has 1 aromatic carbocycles. The van der Waals surface area contributed by atoms with E-state index in [1.54, 1.807) is 18.2 Å². The van der Waals surface area contributed by atoms with Gasteiger partial charge in [-0.1, -0.05) is 33.6 Å². The summed E-state index contributed by atoms with van der Waals surface area (Å²) in [4.78, 5) is 10.6. The number of benzene rings is 1. The molecule has 0 saturated heterocycles. The lowest BCUT2D eigenvalue weighted by molar-refractivity contribution is -0.138. The van der Waals surface area contributed by atoms with E-state index in [4.69, 9.17) is 22.4 Å². The summed E-state index contributed by atoms with van der Waals surface area (Å²) in [6.45, 7) is 0. The Morgan fingerprint density at radius 2 is 2.23 bits per heavy atom. The lowest BCUT2D eigenvalue weighted by Gasteiger charge is -2.10. The van der Waals surface area contributed by atoms with Crippen molar-refractivity contribution in [2.45, 2.75) is 6.04 Å². The van der Waals surface area contributed by atoms with Crippen molar-refractivity contribution in [1.29, 1.82) is 0 Å². The van der Waals surface area contributed by atoms with Crippen LogP contribution in [0, 0.1) is 0 Å². The highest BCUT2D eigenvalue weighted by atomic mass is 79.9. The van der Waals surface area contributed by atoms with E-state index >= 15 is 0 Å². The number of aliphatic carboxylic acids is 1. The summed E-state index contributed by atoms with van der Waals surface area (Å²) in [7, 11) is 0. The highest BCUT2D eigenvalue weighted by Crippen LogP contribution is 2.29. The van der Waals surface area contributed by atoms with Crippen molar-refractivity contribution in [3.8, 4) is 0 Å².